The van der Waals surface area contributed by atoms with Crippen molar-refractivity contribution in [3.8, 4) is 5.75 Å². The number of nitrogens with zero attached hydrogens (tertiary/aromatic N) is 1. The van der Waals surface area contributed by atoms with Gasteiger partial charge < -0.3 is 10.1 Å². The predicted molar refractivity (Wildman–Crippen MR) is 75.2 cm³/mol. The van der Waals surface area contributed by atoms with Gasteiger partial charge in [-0.2, -0.15) is 0 Å². The van der Waals surface area contributed by atoms with E-state index in [1.165, 1.54) is 31.0 Å². The van der Waals surface area contributed by atoms with Gasteiger partial charge in [-0.05, 0) is 12.1 Å². The zero-order valence-corrected chi connectivity index (χ0v) is 11.8. The van der Waals surface area contributed by atoms with E-state index < -0.39 is 0 Å². The summed E-state index contributed by atoms with van der Waals surface area (Å²) in [7, 11) is 1.47. The fraction of sp³-hybridized carbons (Fsp3) is 0.273. The van der Waals surface area contributed by atoms with E-state index in [0.717, 1.165) is 12.3 Å². The zero-order valence-electron chi connectivity index (χ0n) is 9.50. The van der Waals surface area contributed by atoms with Gasteiger partial charge in [-0.15, -0.1) is 0 Å². The van der Waals surface area contributed by atoms with Gasteiger partial charge in [0.2, 0.25) is 0 Å². The molecule has 0 atom stereocenters. The lowest BCUT2D eigenvalue weighted by molar-refractivity contribution is 0.0978. The molecule has 0 radical (unpaired) electrons. The van der Waals surface area contributed by atoms with Gasteiger partial charge in [-0.3, -0.25) is 9.79 Å². The molecule has 96 valence electrons. The SMILES string of the molecule is COc1c(Cl)cc(C(=O)NC2=NCCS2)cc1Cl. The second-order valence-electron chi connectivity index (χ2n) is 3.46. The van der Waals surface area contributed by atoms with Gasteiger partial charge in [-0.1, -0.05) is 35.0 Å². The Hall–Kier alpha value is -0.910. The highest BCUT2D eigenvalue weighted by molar-refractivity contribution is 8.14. The molecule has 7 heteroatoms. The van der Waals surface area contributed by atoms with Crippen molar-refractivity contribution < 1.29 is 9.53 Å². The van der Waals surface area contributed by atoms with Crippen molar-refractivity contribution >= 4 is 46.0 Å². The molecule has 0 aromatic heterocycles. The molecule has 4 nitrogen and oxygen atoms in total. The number of amidine groups is 1. The Bertz CT molecular complexity index is 497. The lowest BCUT2D eigenvalue weighted by Crippen LogP contribution is -2.27. The molecule has 1 amide bonds. The van der Waals surface area contributed by atoms with Crippen molar-refractivity contribution in [1.29, 1.82) is 0 Å². The summed E-state index contributed by atoms with van der Waals surface area (Å²) in [5, 5.41) is 3.93. The van der Waals surface area contributed by atoms with Gasteiger partial charge in [0.15, 0.2) is 10.9 Å². The van der Waals surface area contributed by atoms with E-state index in [1.807, 2.05) is 0 Å². The Balaban J connectivity index is 2.20. The molecule has 1 N–H and O–H groups in total. The Morgan fingerprint density at radius 2 is 2.11 bits per heavy atom. The van der Waals surface area contributed by atoms with Gasteiger partial charge in [-0.25, -0.2) is 0 Å². The molecule has 1 aliphatic heterocycles. The molecule has 1 aromatic rings. The number of thioether (sulfide) groups is 1. The average Bonchev–Trinajstić information content (AvgIpc) is 2.81. The maximum absolute atomic E-state index is 11.9. The van der Waals surface area contributed by atoms with Crippen molar-refractivity contribution in [3.63, 3.8) is 0 Å². The molecule has 18 heavy (non-hydrogen) atoms. The van der Waals surface area contributed by atoms with Crippen LogP contribution in [0.5, 0.6) is 5.75 Å². The largest absolute Gasteiger partial charge is 0.494 e. The van der Waals surface area contributed by atoms with Crippen molar-refractivity contribution in [3.05, 3.63) is 27.7 Å². The van der Waals surface area contributed by atoms with Crippen LogP contribution in [0.15, 0.2) is 17.1 Å². The van der Waals surface area contributed by atoms with Crippen molar-refractivity contribution in [2.45, 2.75) is 0 Å². The fourth-order valence-corrected chi connectivity index (χ4v) is 2.83. The van der Waals surface area contributed by atoms with Crippen LogP contribution >= 0.6 is 35.0 Å². The van der Waals surface area contributed by atoms with E-state index in [1.54, 1.807) is 0 Å². The van der Waals surface area contributed by atoms with Crippen LogP contribution in [-0.4, -0.2) is 30.5 Å². The lowest BCUT2D eigenvalue weighted by atomic mass is 10.2. The minimum Gasteiger partial charge on any atom is -0.494 e. The Morgan fingerprint density at radius 1 is 1.44 bits per heavy atom. The Morgan fingerprint density at radius 3 is 2.61 bits per heavy atom. The number of hydrogen-bond acceptors (Lipinski definition) is 4. The van der Waals surface area contributed by atoms with E-state index >= 15 is 0 Å². The summed E-state index contributed by atoms with van der Waals surface area (Å²) < 4.78 is 5.02. The number of ether oxygens (including phenoxy) is 1. The number of carbonyl (C=O) groups excluding carboxylic acids is 1. The molecule has 1 aliphatic rings. The van der Waals surface area contributed by atoms with Crippen LogP contribution in [0.3, 0.4) is 0 Å². The first-order chi connectivity index (χ1) is 8.61. The average molecular weight is 305 g/mol. The summed E-state index contributed by atoms with van der Waals surface area (Å²) >= 11 is 13.5. The number of rotatable bonds is 2. The smallest absolute Gasteiger partial charge is 0.257 e. The quantitative estimate of drug-likeness (QED) is 0.914. The molecule has 1 aromatic carbocycles. The number of carbonyl (C=O) groups is 1. The summed E-state index contributed by atoms with van der Waals surface area (Å²) in [5.41, 5.74) is 0.376. The van der Waals surface area contributed by atoms with Crippen LogP contribution in [0.1, 0.15) is 10.4 Å². The molecule has 0 saturated carbocycles. The third-order valence-corrected chi connectivity index (χ3v) is 3.72. The number of amides is 1. The number of halogens is 2. The topological polar surface area (TPSA) is 50.7 Å². The van der Waals surface area contributed by atoms with Gasteiger partial charge in [0.25, 0.3) is 5.91 Å². The van der Waals surface area contributed by atoms with Crippen LogP contribution < -0.4 is 10.1 Å². The maximum atomic E-state index is 11.9. The molecular formula is C11H10Cl2N2O2S. The molecule has 2 rings (SSSR count). The van der Waals surface area contributed by atoms with Crippen LogP contribution in [0.4, 0.5) is 0 Å². The second kappa shape index (κ2) is 5.82. The van der Waals surface area contributed by atoms with E-state index in [9.17, 15) is 4.79 Å². The number of hydrogen-bond donors (Lipinski definition) is 1. The summed E-state index contributed by atoms with van der Waals surface area (Å²) in [5.74, 6) is 0.969. The van der Waals surface area contributed by atoms with Crippen molar-refractivity contribution in [2.24, 2.45) is 4.99 Å². The minimum absolute atomic E-state index is 0.283. The summed E-state index contributed by atoms with van der Waals surface area (Å²) in [6.45, 7) is 0.727. The molecule has 0 spiro atoms. The molecule has 0 fully saturated rings. The zero-order chi connectivity index (χ0) is 13.1. The molecule has 0 bridgehead atoms. The highest BCUT2D eigenvalue weighted by Gasteiger charge is 2.16. The summed E-state index contributed by atoms with van der Waals surface area (Å²) in [4.78, 5) is 16.1. The highest BCUT2D eigenvalue weighted by Crippen LogP contribution is 2.33. The second-order valence-corrected chi connectivity index (χ2v) is 5.36. The van der Waals surface area contributed by atoms with E-state index in [-0.39, 0.29) is 5.91 Å². The minimum atomic E-state index is -0.283. The van der Waals surface area contributed by atoms with E-state index in [2.05, 4.69) is 10.3 Å². The van der Waals surface area contributed by atoms with E-state index in [0.29, 0.717) is 26.5 Å². The molecule has 0 aliphatic carbocycles. The highest BCUT2D eigenvalue weighted by atomic mass is 35.5. The van der Waals surface area contributed by atoms with Gasteiger partial charge in [0.05, 0.1) is 23.7 Å². The Kier molecular flexibility index (Phi) is 4.37. The predicted octanol–water partition coefficient (Wildman–Crippen LogP) is 2.83. The first kappa shape index (κ1) is 13.5. The molecule has 1 heterocycles. The van der Waals surface area contributed by atoms with Gasteiger partial charge in [0, 0.05) is 11.3 Å². The first-order valence-electron chi connectivity index (χ1n) is 5.13. The van der Waals surface area contributed by atoms with Gasteiger partial charge in [0.1, 0.15) is 0 Å². The summed E-state index contributed by atoms with van der Waals surface area (Å²) in [6, 6.07) is 3.03. The van der Waals surface area contributed by atoms with Crippen LogP contribution in [0, 0.1) is 0 Å². The summed E-state index contributed by atoms with van der Waals surface area (Å²) in [6.07, 6.45) is 0. The monoisotopic (exact) mass is 304 g/mol. The van der Waals surface area contributed by atoms with Crippen LogP contribution in [0.25, 0.3) is 0 Å². The number of methoxy groups -OCH3 is 1. The lowest BCUT2D eigenvalue weighted by Gasteiger charge is -2.09. The molecular weight excluding hydrogens is 295 g/mol. The maximum Gasteiger partial charge on any atom is 0.257 e. The van der Waals surface area contributed by atoms with Gasteiger partial charge >= 0.3 is 0 Å². The first-order valence-corrected chi connectivity index (χ1v) is 6.87. The molecule has 0 saturated heterocycles. The normalized spacial score (nSPS) is 14.3. The third kappa shape index (κ3) is 2.91. The number of aliphatic imine (C=N–C) groups is 1. The standard InChI is InChI=1S/C11H10Cl2N2O2S/c1-17-9-7(12)4-6(5-8(9)13)10(16)15-11-14-2-3-18-11/h4-5H,2-3H2,1H3,(H,14,15,16). The number of benzene rings is 1. The number of nitrogens with one attached hydrogen (secondary N) is 1. The third-order valence-electron chi connectivity index (χ3n) is 2.27. The van der Waals surface area contributed by atoms with E-state index in [4.69, 9.17) is 27.9 Å². The molecule has 0 unspecified atom stereocenters. The van der Waals surface area contributed by atoms with Crippen molar-refractivity contribution in [2.75, 3.05) is 19.4 Å². The van der Waals surface area contributed by atoms with Crippen molar-refractivity contribution in [1.82, 2.24) is 5.32 Å². The Labute approximate surface area is 119 Å². The van der Waals surface area contributed by atoms with Crippen LogP contribution in [0.2, 0.25) is 10.0 Å². The van der Waals surface area contributed by atoms with Crippen LogP contribution in [-0.2, 0) is 0 Å². The fourth-order valence-electron chi connectivity index (χ4n) is 1.47.